The minimum Gasteiger partial charge on any atom is -0.304 e. The predicted octanol–water partition coefficient (Wildman–Crippen LogP) is 3.63. The van der Waals surface area contributed by atoms with Gasteiger partial charge in [-0.15, -0.1) is 0 Å². The average Bonchev–Trinajstić information content (AvgIpc) is 2.42. The van der Waals surface area contributed by atoms with Gasteiger partial charge in [-0.2, -0.15) is 0 Å². The van der Waals surface area contributed by atoms with E-state index in [1.165, 1.54) is 6.07 Å². The number of halogens is 2. The molecule has 1 N–H and O–H groups in total. The minimum atomic E-state index is -0.631. The van der Waals surface area contributed by atoms with E-state index < -0.39 is 12.7 Å². The third kappa shape index (κ3) is 3.14. The molecule has 1 atom stereocenters. The van der Waals surface area contributed by atoms with Crippen LogP contribution in [-0.2, 0) is 6.54 Å². The number of nitrogens with one attached hydrogen (secondary N) is 1. The van der Waals surface area contributed by atoms with Gasteiger partial charge in [-0.1, -0.05) is 48.5 Å². The van der Waals surface area contributed by atoms with Crippen molar-refractivity contribution in [3.8, 4) is 0 Å². The second-order valence-corrected chi connectivity index (χ2v) is 4.09. The van der Waals surface area contributed by atoms with Crippen molar-refractivity contribution >= 4 is 0 Å². The molecule has 0 fully saturated rings. The summed E-state index contributed by atoms with van der Waals surface area (Å²) >= 11 is 0. The van der Waals surface area contributed by atoms with Gasteiger partial charge in [-0.3, -0.25) is 0 Å². The Morgan fingerprint density at radius 3 is 2.28 bits per heavy atom. The Balaban J connectivity index is 2.04. The van der Waals surface area contributed by atoms with Crippen molar-refractivity contribution < 1.29 is 8.78 Å². The highest BCUT2D eigenvalue weighted by Gasteiger charge is 2.14. The van der Waals surface area contributed by atoms with E-state index in [-0.39, 0.29) is 5.82 Å². The molecule has 1 unspecified atom stereocenters. The summed E-state index contributed by atoms with van der Waals surface area (Å²) in [7, 11) is 0. The van der Waals surface area contributed by atoms with Crippen molar-refractivity contribution in [3.63, 3.8) is 0 Å². The van der Waals surface area contributed by atoms with Crippen LogP contribution < -0.4 is 5.32 Å². The van der Waals surface area contributed by atoms with Gasteiger partial charge in [0.2, 0.25) is 0 Å². The summed E-state index contributed by atoms with van der Waals surface area (Å²) in [5.74, 6) is -0.374. The van der Waals surface area contributed by atoms with Crippen LogP contribution in [0.15, 0.2) is 54.6 Å². The van der Waals surface area contributed by atoms with Crippen molar-refractivity contribution in [1.82, 2.24) is 5.32 Å². The zero-order valence-corrected chi connectivity index (χ0v) is 9.94. The van der Waals surface area contributed by atoms with Gasteiger partial charge in [0.1, 0.15) is 12.5 Å². The molecule has 0 bridgehead atoms. The lowest BCUT2D eigenvalue weighted by Gasteiger charge is -2.16. The van der Waals surface area contributed by atoms with Crippen LogP contribution in [0.25, 0.3) is 0 Å². The SMILES string of the molecule is FCC(NCc1ccccc1)c1ccccc1F. The first-order valence-electron chi connectivity index (χ1n) is 5.89. The molecule has 0 radical (unpaired) electrons. The monoisotopic (exact) mass is 247 g/mol. The van der Waals surface area contributed by atoms with Crippen LogP contribution in [0, 0.1) is 5.82 Å². The van der Waals surface area contributed by atoms with Crippen LogP contribution >= 0.6 is 0 Å². The summed E-state index contributed by atoms with van der Waals surface area (Å²) in [6.07, 6.45) is 0. The molecule has 0 saturated carbocycles. The van der Waals surface area contributed by atoms with Crippen LogP contribution in [0.4, 0.5) is 8.78 Å². The van der Waals surface area contributed by atoms with Crippen molar-refractivity contribution in [2.24, 2.45) is 0 Å². The molecule has 2 aromatic rings. The number of hydrogen-bond acceptors (Lipinski definition) is 1. The first kappa shape index (κ1) is 12.7. The molecule has 1 nitrogen and oxygen atoms in total. The largest absolute Gasteiger partial charge is 0.304 e. The average molecular weight is 247 g/mol. The lowest BCUT2D eigenvalue weighted by Crippen LogP contribution is -2.23. The number of hydrogen-bond donors (Lipinski definition) is 1. The van der Waals surface area contributed by atoms with E-state index in [0.29, 0.717) is 12.1 Å². The summed E-state index contributed by atoms with van der Waals surface area (Å²) in [4.78, 5) is 0. The Morgan fingerprint density at radius 2 is 1.61 bits per heavy atom. The zero-order valence-electron chi connectivity index (χ0n) is 9.94. The highest BCUT2D eigenvalue weighted by molar-refractivity contribution is 5.22. The topological polar surface area (TPSA) is 12.0 Å². The summed E-state index contributed by atoms with van der Waals surface area (Å²) in [6, 6.07) is 15.3. The molecule has 94 valence electrons. The zero-order chi connectivity index (χ0) is 12.8. The lowest BCUT2D eigenvalue weighted by molar-refractivity contribution is 0.371. The van der Waals surface area contributed by atoms with E-state index in [4.69, 9.17) is 0 Å². The lowest BCUT2D eigenvalue weighted by atomic mass is 10.1. The maximum Gasteiger partial charge on any atom is 0.128 e. The van der Waals surface area contributed by atoms with E-state index in [1.54, 1.807) is 18.2 Å². The standard InChI is InChI=1S/C15H15F2N/c16-10-15(13-8-4-5-9-14(13)17)18-11-12-6-2-1-3-7-12/h1-9,15,18H,10-11H2. The van der Waals surface area contributed by atoms with Gasteiger partial charge in [0, 0.05) is 12.1 Å². The normalized spacial score (nSPS) is 12.3. The van der Waals surface area contributed by atoms with Crippen LogP contribution in [0.3, 0.4) is 0 Å². The van der Waals surface area contributed by atoms with E-state index in [9.17, 15) is 8.78 Å². The minimum absolute atomic E-state index is 0.371. The molecule has 0 aliphatic heterocycles. The van der Waals surface area contributed by atoms with Gasteiger partial charge in [0.25, 0.3) is 0 Å². The molecular weight excluding hydrogens is 232 g/mol. The molecule has 0 amide bonds. The molecule has 18 heavy (non-hydrogen) atoms. The van der Waals surface area contributed by atoms with E-state index in [0.717, 1.165) is 5.56 Å². The fourth-order valence-electron chi connectivity index (χ4n) is 1.84. The van der Waals surface area contributed by atoms with Gasteiger partial charge in [0.05, 0.1) is 6.04 Å². The third-order valence-electron chi connectivity index (χ3n) is 2.83. The smallest absolute Gasteiger partial charge is 0.128 e. The molecule has 0 spiro atoms. The highest BCUT2D eigenvalue weighted by atomic mass is 19.1. The number of alkyl halides is 1. The van der Waals surface area contributed by atoms with E-state index >= 15 is 0 Å². The molecule has 2 rings (SSSR count). The van der Waals surface area contributed by atoms with Crippen LogP contribution in [-0.4, -0.2) is 6.67 Å². The van der Waals surface area contributed by atoms with Crippen LogP contribution in [0.1, 0.15) is 17.2 Å². The predicted molar refractivity (Wildman–Crippen MR) is 68.4 cm³/mol. The Hall–Kier alpha value is -1.74. The summed E-state index contributed by atoms with van der Waals surface area (Å²) in [6.45, 7) is -0.114. The van der Waals surface area contributed by atoms with Crippen molar-refractivity contribution in [3.05, 3.63) is 71.5 Å². The first-order chi connectivity index (χ1) is 8.81. The molecule has 0 saturated heterocycles. The quantitative estimate of drug-likeness (QED) is 0.850. The number of rotatable bonds is 5. The van der Waals surface area contributed by atoms with Crippen molar-refractivity contribution in [2.45, 2.75) is 12.6 Å². The second-order valence-electron chi connectivity index (χ2n) is 4.09. The van der Waals surface area contributed by atoms with Gasteiger partial charge in [-0.05, 0) is 11.6 Å². The molecule has 3 heteroatoms. The summed E-state index contributed by atoms with van der Waals surface area (Å²) in [5, 5.41) is 3.03. The van der Waals surface area contributed by atoms with Crippen LogP contribution in [0.2, 0.25) is 0 Å². The number of benzene rings is 2. The van der Waals surface area contributed by atoms with Gasteiger partial charge in [0.15, 0.2) is 0 Å². The Labute approximate surface area is 105 Å². The maximum atomic E-state index is 13.5. The third-order valence-corrected chi connectivity index (χ3v) is 2.83. The molecule has 0 aliphatic rings. The van der Waals surface area contributed by atoms with Gasteiger partial charge in [-0.25, -0.2) is 8.78 Å². The van der Waals surface area contributed by atoms with E-state index in [2.05, 4.69) is 5.32 Å². The van der Waals surface area contributed by atoms with Gasteiger partial charge < -0.3 is 5.32 Å². The Kier molecular flexibility index (Phi) is 4.42. The molecule has 0 aliphatic carbocycles. The summed E-state index contributed by atoms with van der Waals surface area (Å²) < 4.78 is 26.5. The molecular formula is C15H15F2N. The van der Waals surface area contributed by atoms with Gasteiger partial charge >= 0.3 is 0 Å². The Morgan fingerprint density at radius 1 is 0.944 bits per heavy atom. The molecule has 0 aromatic heterocycles. The molecule has 2 aromatic carbocycles. The fourth-order valence-corrected chi connectivity index (χ4v) is 1.84. The summed E-state index contributed by atoms with van der Waals surface area (Å²) in [5.41, 5.74) is 1.42. The Bertz CT molecular complexity index is 485. The fraction of sp³-hybridized carbons (Fsp3) is 0.200. The maximum absolute atomic E-state index is 13.5. The second kappa shape index (κ2) is 6.26. The van der Waals surface area contributed by atoms with E-state index in [1.807, 2.05) is 30.3 Å². The van der Waals surface area contributed by atoms with Crippen LogP contribution in [0.5, 0.6) is 0 Å². The van der Waals surface area contributed by atoms with Crippen molar-refractivity contribution in [2.75, 3.05) is 6.67 Å². The highest BCUT2D eigenvalue weighted by Crippen LogP contribution is 2.17. The van der Waals surface area contributed by atoms with Crippen molar-refractivity contribution in [1.29, 1.82) is 0 Å². The first-order valence-corrected chi connectivity index (χ1v) is 5.89. The molecule has 0 heterocycles.